The van der Waals surface area contributed by atoms with Gasteiger partial charge in [-0.15, -0.1) is 11.8 Å². The van der Waals surface area contributed by atoms with Crippen LogP contribution in [0, 0.1) is 23.7 Å². The molecule has 0 aromatic rings. The molecule has 0 spiro atoms. The van der Waals surface area contributed by atoms with E-state index in [1.165, 1.54) is 25.7 Å². The molecule has 78 valence electrons. The van der Waals surface area contributed by atoms with E-state index in [1.54, 1.807) is 11.8 Å². The van der Waals surface area contributed by atoms with Crippen LogP contribution in [-0.2, 0) is 4.79 Å². The van der Waals surface area contributed by atoms with Crippen molar-refractivity contribution < 1.29 is 9.90 Å². The van der Waals surface area contributed by atoms with Crippen LogP contribution in [-0.4, -0.2) is 22.1 Å². The van der Waals surface area contributed by atoms with Gasteiger partial charge in [-0.1, -0.05) is 0 Å². The number of hydrogen-bond acceptors (Lipinski definition) is 2. The molecule has 0 aliphatic heterocycles. The Morgan fingerprint density at radius 1 is 1.21 bits per heavy atom. The van der Waals surface area contributed by atoms with Crippen LogP contribution in [0.4, 0.5) is 0 Å². The molecule has 0 heterocycles. The van der Waals surface area contributed by atoms with Crippen molar-refractivity contribution in [1.82, 2.24) is 0 Å². The minimum absolute atomic E-state index is 0.397. The summed E-state index contributed by atoms with van der Waals surface area (Å²) < 4.78 is -0.397. The minimum atomic E-state index is -0.535. The highest BCUT2D eigenvalue weighted by Crippen LogP contribution is 2.69. The van der Waals surface area contributed by atoms with E-state index in [4.69, 9.17) is 0 Å². The molecule has 0 amide bonds. The number of carboxylic acids is 1. The van der Waals surface area contributed by atoms with Crippen molar-refractivity contribution in [3.05, 3.63) is 0 Å². The number of thioether (sulfide) groups is 1. The SMILES string of the molecule is CSC1(C(=O)O)[C@H]2CC[C@H]3[C@H]2CC[C@@H]31. The highest BCUT2D eigenvalue weighted by Gasteiger charge is 2.69. The second-order valence-corrected chi connectivity index (χ2v) is 6.08. The quantitative estimate of drug-likeness (QED) is 0.762. The molecule has 0 aromatic heterocycles. The molecular formula is C11H16O2S. The second-order valence-electron chi connectivity index (χ2n) is 5.00. The van der Waals surface area contributed by atoms with E-state index in [1.807, 2.05) is 6.26 Å². The van der Waals surface area contributed by atoms with Crippen LogP contribution < -0.4 is 0 Å². The van der Waals surface area contributed by atoms with Gasteiger partial charge >= 0.3 is 5.97 Å². The molecule has 3 aliphatic rings. The third-order valence-corrected chi connectivity index (χ3v) is 6.43. The molecule has 0 aromatic carbocycles. The van der Waals surface area contributed by atoms with Gasteiger partial charge in [0.2, 0.25) is 0 Å². The Morgan fingerprint density at radius 2 is 1.71 bits per heavy atom. The molecule has 4 bridgehead atoms. The van der Waals surface area contributed by atoms with Crippen LogP contribution in [0.3, 0.4) is 0 Å². The van der Waals surface area contributed by atoms with Gasteiger partial charge in [-0.05, 0) is 55.6 Å². The Labute approximate surface area is 88.5 Å². The zero-order valence-electron chi connectivity index (χ0n) is 8.40. The van der Waals surface area contributed by atoms with Crippen LogP contribution in [0.25, 0.3) is 0 Å². The predicted octanol–water partition coefficient (Wildman–Crippen LogP) is 2.24. The van der Waals surface area contributed by atoms with Crippen LogP contribution in [0.5, 0.6) is 0 Å². The average molecular weight is 212 g/mol. The van der Waals surface area contributed by atoms with Gasteiger partial charge in [-0.3, -0.25) is 4.79 Å². The average Bonchev–Trinajstić information content (AvgIpc) is 2.80. The Balaban J connectivity index is 2.05. The van der Waals surface area contributed by atoms with E-state index in [0.717, 1.165) is 11.8 Å². The van der Waals surface area contributed by atoms with Gasteiger partial charge in [0, 0.05) is 0 Å². The van der Waals surface area contributed by atoms with Crippen LogP contribution >= 0.6 is 11.8 Å². The summed E-state index contributed by atoms with van der Waals surface area (Å²) in [6.07, 6.45) is 6.92. The van der Waals surface area contributed by atoms with Gasteiger partial charge in [0.1, 0.15) is 4.75 Å². The third-order valence-electron chi connectivity index (χ3n) is 4.98. The number of carboxylic acid groups (broad SMARTS) is 1. The summed E-state index contributed by atoms with van der Waals surface area (Å²) in [5.74, 6) is 1.94. The fourth-order valence-electron chi connectivity index (χ4n) is 4.65. The fraction of sp³-hybridized carbons (Fsp3) is 0.909. The summed E-state index contributed by atoms with van der Waals surface area (Å²) in [7, 11) is 0. The summed E-state index contributed by atoms with van der Waals surface area (Å²) in [5, 5.41) is 9.49. The van der Waals surface area contributed by atoms with Gasteiger partial charge in [0.15, 0.2) is 0 Å². The maximum absolute atomic E-state index is 11.5. The van der Waals surface area contributed by atoms with Gasteiger partial charge in [0.25, 0.3) is 0 Å². The van der Waals surface area contributed by atoms with Crippen molar-refractivity contribution in [2.24, 2.45) is 23.7 Å². The molecule has 14 heavy (non-hydrogen) atoms. The molecular weight excluding hydrogens is 196 g/mol. The van der Waals surface area contributed by atoms with E-state index in [-0.39, 0.29) is 0 Å². The van der Waals surface area contributed by atoms with E-state index >= 15 is 0 Å². The smallest absolute Gasteiger partial charge is 0.320 e. The molecule has 1 N–H and O–H groups in total. The minimum Gasteiger partial charge on any atom is -0.480 e. The molecule has 0 saturated heterocycles. The number of rotatable bonds is 2. The van der Waals surface area contributed by atoms with E-state index in [0.29, 0.717) is 11.8 Å². The highest BCUT2D eigenvalue weighted by molar-refractivity contribution is 8.00. The van der Waals surface area contributed by atoms with E-state index in [9.17, 15) is 9.90 Å². The van der Waals surface area contributed by atoms with Crippen molar-refractivity contribution in [1.29, 1.82) is 0 Å². The molecule has 3 heteroatoms. The van der Waals surface area contributed by atoms with E-state index in [2.05, 4.69) is 0 Å². The van der Waals surface area contributed by atoms with Crippen molar-refractivity contribution in [2.75, 3.05) is 6.26 Å². The normalized spacial score (nSPS) is 47.2. The molecule has 5 atom stereocenters. The Morgan fingerprint density at radius 3 is 2.00 bits per heavy atom. The topological polar surface area (TPSA) is 37.3 Å². The van der Waals surface area contributed by atoms with Gasteiger partial charge in [0.05, 0.1) is 0 Å². The number of aliphatic carboxylic acids is 1. The summed E-state index contributed by atoms with van der Waals surface area (Å²) in [4.78, 5) is 11.5. The zero-order valence-corrected chi connectivity index (χ0v) is 9.22. The molecule has 3 rings (SSSR count). The Kier molecular flexibility index (Phi) is 1.74. The first kappa shape index (κ1) is 9.08. The van der Waals surface area contributed by atoms with Crippen molar-refractivity contribution >= 4 is 17.7 Å². The Hall–Kier alpha value is -0.180. The Bertz CT molecular complexity index is 271. The van der Waals surface area contributed by atoms with Crippen LogP contribution in [0.15, 0.2) is 0 Å². The summed E-state index contributed by atoms with van der Waals surface area (Å²) >= 11 is 1.61. The van der Waals surface area contributed by atoms with Gasteiger partial charge in [-0.2, -0.15) is 0 Å². The van der Waals surface area contributed by atoms with Gasteiger partial charge < -0.3 is 5.11 Å². The lowest BCUT2D eigenvalue weighted by atomic mass is 9.74. The zero-order chi connectivity index (χ0) is 9.92. The predicted molar refractivity (Wildman–Crippen MR) is 56.3 cm³/mol. The highest BCUT2D eigenvalue weighted by atomic mass is 32.2. The first-order chi connectivity index (χ1) is 6.71. The molecule has 1 unspecified atom stereocenters. The lowest BCUT2D eigenvalue weighted by Gasteiger charge is -2.40. The molecule has 3 fully saturated rings. The number of carbonyl (C=O) groups is 1. The van der Waals surface area contributed by atoms with Crippen molar-refractivity contribution in [2.45, 2.75) is 30.4 Å². The summed E-state index contributed by atoms with van der Waals surface area (Å²) in [6.45, 7) is 0. The molecule has 0 radical (unpaired) electrons. The van der Waals surface area contributed by atoms with Crippen molar-refractivity contribution in [3.63, 3.8) is 0 Å². The van der Waals surface area contributed by atoms with Crippen LogP contribution in [0.2, 0.25) is 0 Å². The van der Waals surface area contributed by atoms with Crippen LogP contribution in [0.1, 0.15) is 25.7 Å². The van der Waals surface area contributed by atoms with E-state index < -0.39 is 10.7 Å². The number of hydrogen-bond donors (Lipinski definition) is 1. The largest absolute Gasteiger partial charge is 0.480 e. The molecule has 3 saturated carbocycles. The summed E-state index contributed by atoms with van der Waals surface area (Å²) in [6, 6.07) is 0. The lowest BCUT2D eigenvalue weighted by Crippen LogP contribution is -2.48. The fourth-order valence-corrected chi connectivity index (χ4v) is 6.01. The third kappa shape index (κ3) is 0.755. The molecule has 3 aliphatic carbocycles. The van der Waals surface area contributed by atoms with Crippen molar-refractivity contribution in [3.8, 4) is 0 Å². The lowest BCUT2D eigenvalue weighted by molar-refractivity contribution is -0.143. The first-order valence-electron chi connectivity index (χ1n) is 5.50. The monoisotopic (exact) mass is 212 g/mol. The molecule has 2 nitrogen and oxygen atoms in total. The first-order valence-corrected chi connectivity index (χ1v) is 6.73. The second kappa shape index (κ2) is 2.69. The maximum Gasteiger partial charge on any atom is 0.320 e. The van der Waals surface area contributed by atoms with Gasteiger partial charge in [-0.25, -0.2) is 0 Å². The summed E-state index contributed by atoms with van der Waals surface area (Å²) in [5.41, 5.74) is 0. The maximum atomic E-state index is 11.5. The standard InChI is InChI=1S/C11H16O2S/c1-14-11(10(12)13)8-4-2-6-7(8)3-5-9(6)11/h6-9H,2-5H2,1H3,(H,12,13)/t6-,7+,8-,9-,11?/m0/s1.